The van der Waals surface area contributed by atoms with Crippen molar-refractivity contribution in [1.29, 1.82) is 0 Å². The lowest BCUT2D eigenvalue weighted by molar-refractivity contribution is 0.0263. The molecule has 1 aromatic rings. The lowest BCUT2D eigenvalue weighted by Crippen LogP contribution is -2.47. The van der Waals surface area contributed by atoms with Crippen LogP contribution in [0.1, 0.15) is 50.7 Å². The van der Waals surface area contributed by atoms with Gasteiger partial charge in [-0.1, -0.05) is 24.3 Å². The molecule has 2 N–H and O–H groups in total. The van der Waals surface area contributed by atoms with E-state index in [1.165, 1.54) is 11.1 Å². The fourth-order valence-electron chi connectivity index (χ4n) is 4.15. The fraction of sp³-hybridized carbons (Fsp3) is 0.696. The van der Waals surface area contributed by atoms with Crippen molar-refractivity contribution in [2.45, 2.75) is 64.8 Å². The standard InChI is InChI=1S/C23H38N4O2.HI/c1-3-24-23(27-15-11-22(12-16-27)29-4-2)25-17-19-5-7-20(8-6-19)18-26-13-9-21(28)10-14-26;/h5-8,21-22,28H,3-4,9-18H2,1-2H3,(H,24,25);1H. The van der Waals surface area contributed by atoms with E-state index in [-0.39, 0.29) is 30.1 Å². The topological polar surface area (TPSA) is 60.3 Å². The zero-order chi connectivity index (χ0) is 20.5. The Bertz CT molecular complexity index is 625. The van der Waals surface area contributed by atoms with E-state index in [1.54, 1.807) is 0 Å². The van der Waals surface area contributed by atoms with Gasteiger partial charge < -0.3 is 20.1 Å². The van der Waals surface area contributed by atoms with Crippen molar-refractivity contribution in [3.63, 3.8) is 0 Å². The molecule has 0 aliphatic carbocycles. The van der Waals surface area contributed by atoms with Crippen LogP contribution in [0.2, 0.25) is 0 Å². The van der Waals surface area contributed by atoms with Gasteiger partial charge in [0.15, 0.2) is 5.96 Å². The van der Waals surface area contributed by atoms with Crippen LogP contribution < -0.4 is 5.32 Å². The summed E-state index contributed by atoms with van der Waals surface area (Å²) in [5.41, 5.74) is 2.57. The van der Waals surface area contributed by atoms with Crippen LogP contribution in [0, 0.1) is 0 Å². The normalized spacial score (nSPS) is 19.6. The number of aliphatic hydroxyl groups excluding tert-OH is 1. The number of likely N-dealkylation sites (tertiary alicyclic amines) is 2. The van der Waals surface area contributed by atoms with E-state index in [0.29, 0.717) is 12.6 Å². The van der Waals surface area contributed by atoms with E-state index in [2.05, 4.69) is 53.2 Å². The molecular formula is C23H39IN4O2. The predicted molar refractivity (Wildman–Crippen MR) is 133 cm³/mol. The molecule has 0 bridgehead atoms. The molecule has 30 heavy (non-hydrogen) atoms. The first kappa shape index (κ1) is 25.4. The first-order chi connectivity index (χ1) is 14.2. The highest BCUT2D eigenvalue weighted by molar-refractivity contribution is 14.0. The number of aliphatic imine (C=N–C) groups is 1. The highest BCUT2D eigenvalue weighted by Gasteiger charge is 2.21. The first-order valence-corrected chi connectivity index (χ1v) is 11.3. The number of hydrogen-bond donors (Lipinski definition) is 2. The smallest absolute Gasteiger partial charge is 0.194 e. The van der Waals surface area contributed by atoms with E-state index in [1.807, 2.05) is 0 Å². The van der Waals surface area contributed by atoms with Crippen LogP contribution in [0.3, 0.4) is 0 Å². The number of guanidine groups is 1. The molecule has 2 heterocycles. The number of halogens is 1. The number of nitrogens with one attached hydrogen (secondary N) is 1. The number of hydrogen-bond acceptors (Lipinski definition) is 4. The third-order valence-corrected chi connectivity index (χ3v) is 5.88. The Morgan fingerprint density at radius 2 is 1.67 bits per heavy atom. The van der Waals surface area contributed by atoms with Crippen LogP contribution in [0.5, 0.6) is 0 Å². The Labute approximate surface area is 199 Å². The van der Waals surface area contributed by atoms with E-state index in [9.17, 15) is 5.11 Å². The van der Waals surface area contributed by atoms with E-state index >= 15 is 0 Å². The van der Waals surface area contributed by atoms with Crippen molar-refractivity contribution < 1.29 is 9.84 Å². The maximum atomic E-state index is 9.65. The quantitative estimate of drug-likeness (QED) is 0.322. The molecule has 0 amide bonds. The summed E-state index contributed by atoms with van der Waals surface area (Å²) in [6.45, 7) is 11.5. The Balaban J connectivity index is 0.00000320. The van der Waals surface area contributed by atoms with E-state index in [4.69, 9.17) is 9.73 Å². The summed E-state index contributed by atoms with van der Waals surface area (Å²) in [6, 6.07) is 8.83. The molecular weight excluding hydrogens is 491 g/mol. The summed E-state index contributed by atoms with van der Waals surface area (Å²) in [5, 5.41) is 13.1. The van der Waals surface area contributed by atoms with Gasteiger partial charge in [0, 0.05) is 45.9 Å². The van der Waals surface area contributed by atoms with Gasteiger partial charge in [-0.15, -0.1) is 24.0 Å². The molecule has 7 heteroatoms. The minimum atomic E-state index is -0.109. The van der Waals surface area contributed by atoms with Crippen LogP contribution in [0.25, 0.3) is 0 Å². The predicted octanol–water partition coefficient (Wildman–Crippen LogP) is 3.23. The number of ether oxygens (including phenoxy) is 1. The van der Waals surface area contributed by atoms with Crippen molar-refractivity contribution in [2.24, 2.45) is 4.99 Å². The Morgan fingerprint density at radius 1 is 1.03 bits per heavy atom. The van der Waals surface area contributed by atoms with E-state index < -0.39 is 0 Å². The molecule has 0 spiro atoms. The van der Waals surface area contributed by atoms with E-state index in [0.717, 1.165) is 77.5 Å². The SMILES string of the molecule is CCNC(=NCc1ccc(CN2CCC(O)CC2)cc1)N1CCC(OCC)CC1.I. The second-order valence-corrected chi connectivity index (χ2v) is 8.14. The van der Waals surface area contributed by atoms with Gasteiger partial charge >= 0.3 is 0 Å². The first-order valence-electron chi connectivity index (χ1n) is 11.3. The number of nitrogens with zero attached hydrogens (tertiary/aromatic N) is 3. The average Bonchev–Trinajstić information content (AvgIpc) is 2.75. The Kier molecular flexibility index (Phi) is 11.4. The molecule has 2 fully saturated rings. The molecule has 170 valence electrons. The van der Waals surface area contributed by atoms with Crippen molar-refractivity contribution in [1.82, 2.24) is 15.1 Å². The zero-order valence-corrected chi connectivity index (χ0v) is 20.9. The lowest BCUT2D eigenvalue weighted by atomic mass is 10.1. The molecule has 1 aromatic carbocycles. The second-order valence-electron chi connectivity index (χ2n) is 8.14. The summed E-state index contributed by atoms with van der Waals surface area (Å²) in [4.78, 5) is 9.67. The molecule has 0 saturated carbocycles. The Morgan fingerprint density at radius 3 is 2.27 bits per heavy atom. The monoisotopic (exact) mass is 530 g/mol. The number of benzene rings is 1. The molecule has 0 radical (unpaired) electrons. The van der Waals surface area contributed by atoms with Gasteiger partial charge in [-0.05, 0) is 50.7 Å². The molecule has 0 atom stereocenters. The van der Waals surface area contributed by atoms with Crippen LogP contribution in [0.15, 0.2) is 29.3 Å². The molecule has 2 saturated heterocycles. The third-order valence-electron chi connectivity index (χ3n) is 5.88. The fourth-order valence-corrected chi connectivity index (χ4v) is 4.15. The maximum Gasteiger partial charge on any atom is 0.194 e. The van der Waals surface area contributed by atoms with Gasteiger partial charge in [-0.25, -0.2) is 4.99 Å². The van der Waals surface area contributed by atoms with Crippen molar-refractivity contribution in [3.05, 3.63) is 35.4 Å². The lowest BCUT2D eigenvalue weighted by Gasteiger charge is -2.34. The van der Waals surface area contributed by atoms with Crippen LogP contribution >= 0.6 is 24.0 Å². The van der Waals surface area contributed by atoms with Crippen LogP contribution in [-0.2, 0) is 17.8 Å². The van der Waals surface area contributed by atoms with Crippen molar-refractivity contribution >= 4 is 29.9 Å². The molecule has 3 rings (SSSR count). The van der Waals surface area contributed by atoms with Gasteiger partial charge in [-0.2, -0.15) is 0 Å². The van der Waals surface area contributed by atoms with Crippen molar-refractivity contribution in [2.75, 3.05) is 39.3 Å². The highest BCUT2D eigenvalue weighted by Crippen LogP contribution is 2.16. The zero-order valence-electron chi connectivity index (χ0n) is 18.6. The summed E-state index contributed by atoms with van der Waals surface area (Å²) in [7, 11) is 0. The summed E-state index contributed by atoms with van der Waals surface area (Å²) < 4.78 is 5.77. The number of rotatable bonds is 7. The molecule has 2 aliphatic heterocycles. The van der Waals surface area contributed by atoms with Crippen molar-refractivity contribution in [3.8, 4) is 0 Å². The van der Waals surface area contributed by atoms with Gasteiger partial charge in [0.2, 0.25) is 0 Å². The maximum absolute atomic E-state index is 9.65. The molecule has 6 nitrogen and oxygen atoms in total. The third kappa shape index (κ3) is 7.98. The summed E-state index contributed by atoms with van der Waals surface area (Å²) in [5.74, 6) is 1.01. The largest absolute Gasteiger partial charge is 0.393 e. The van der Waals surface area contributed by atoms with Crippen LogP contribution in [0.4, 0.5) is 0 Å². The van der Waals surface area contributed by atoms with Gasteiger partial charge in [-0.3, -0.25) is 4.90 Å². The average molecular weight is 530 g/mol. The number of piperidine rings is 2. The molecule has 0 unspecified atom stereocenters. The summed E-state index contributed by atoms with van der Waals surface area (Å²) in [6.07, 6.45) is 4.21. The molecule has 0 aromatic heterocycles. The second kappa shape index (κ2) is 13.5. The highest BCUT2D eigenvalue weighted by atomic mass is 127. The van der Waals surface area contributed by atoms with Gasteiger partial charge in [0.05, 0.1) is 18.8 Å². The van der Waals surface area contributed by atoms with Crippen LogP contribution in [-0.4, -0.2) is 72.4 Å². The minimum Gasteiger partial charge on any atom is -0.393 e. The molecule has 2 aliphatic rings. The number of aliphatic hydroxyl groups is 1. The van der Waals surface area contributed by atoms with Gasteiger partial charge in [0.1, 0.15) is 0 Å². The van der Waals surface area contributed by atoms with Gasteiger partial charge in [0.25, 0.3) is 0 Å². The Hall–Kier alpha value is -0.900. The minimum absolute atomic E-state index is 0. The summed E-state index contributed by atoms with van der Waals surface area (Å²) >= 11 is 0.